The van der Waals surface area contributed by atoms with E-state index in [2.05, 4.69) is 9.97 Å². The van der Waals surface area contributed by atoms with Crippen molar-refractivity contribution in [3.05, 3.63) is 144 Å². The zero-order chi connectivity index (χ0) is 53.0. The first-order valence-corrected chi connectivity index (χ1v) is 24.8. The Balaban J connectivity index is 0.00000294. The van der Waals surface area contributed by atoms with Crippen LogP contribution in [0.4, 0.5) is 0 Å². The molecule has 2 N–H and O–H groups in total. The summed E-state index contributed by atoms with van der Waals surface area (Å²) in [6, 6.07) is 38.1. The van der Waals surface area contributed by atoms with E-state index in [0.717, 1.165) is 66.6 Å². The van der Waals surface area contributed by atoms with Crippen molar-refractivity contribution < 1.29 is 264 Å². The van der Waals surface area contributed by atoms with E-state index in [9.17, 15) is 39.6 Å². The van der Waals surface area contributed by atoms with E-state index in [1.54, 1.807) is 0 Å². The Morgan fingerprint density at radius 1 is 0.325 bits per heavy atom. The van der Waals surface area contributed by atoms with Crippen LogP contribution in [-0.2, 0) is 19.2 Å². The molecule has 5 heterocycles. The fourth-order valence-corrected chi connectivity index (χ4v) is 8.92. The van der Waals surface area contributed by atoms with Crippen LogP contribution in [0, 0.1) is 0 Å². The Morgan fingerprint density at radius 2 is 0.525 bits per heavy atom. The van der Waals surface area contributed by atoms with Crippen LogP contribution in [0.2, 0.25) is 0 Å². The van der Waals surface area contributed by atoms with Crippen molar-refractivity contribution in [2.45, 2.75) is 51.4 Å². The van der Waals surface area contributed by atoms with Crippen LogP contribution in [-0.4, -0.2) is 70.2 Å². The quantitative estimate of drug-likeness (QED) is 0.0425. The second-order valence-electron chi connectivity index (χ2n) is 17.9. The van der Waals surface area contributed by atoms with Gasteiger partial charge in [-0.25, -0.2) is 9.97 Å². The van der Waals surface area contributed by atoms with Crippen molar-refractivity contribution in [1.29, 1.82) is 0 Å². The molecular formula is C60H50K4N4O12. The monoisotopic (exact) mass is 1170 g/mol. The van der Waals surface area contributed by atoms with Crippen molar-refractivity contribution in [1.82, 2.24) is 19.9 Å². The first kappa shape index (κ1) is 67.9. The number of hydrogen-bond donors (Lipinski definition) is 2. The average Bonchev–Trinajstić information content (AvgIpc) is 4.28. The second kappa shape index (κ2) is 33.6. The summed E-state index contributed by atoms with van der Waals surface area (Å²) in [5.41, 5.74) is 11.9. The molecule has 0 aliphatic carbocycles. The Morgan fingerprint density at radius 3 is 0.713 bits per heavy atom. The van der Waals surface area contributed by atoms with E-state index in [1.807, 2.05) is 146 Å². The number of nitrogens with zero attached hydrogens (tertiary/aromatic N) is 2. The van der Waals surface area contributed by atoms with Crippen molar-refractivity contribution in [3.8, 4) is 67.5 Å². The number of aromatic nitrogens is 4. The van der Waals surface area contributed by atoms with Gasteiger partial charge in [0.15, 0.2) is 0 Å². The maximum absolute atomic E-state index is 11.0. The van der Waals surface area contributed by atoms with E-state index < -0.39 is 23.9 Å². The van der Waals surface area contributed by atoms with Gasteiger partial charge in [-0.15, -0.1) is 0 Å². The summed E-state index contributed by atoms with van der Waals surface area (Å²) in [7, 11) is 0. The van der Waals surface area contributed by atoms with Crippen molar-refractivity contribution in [2.75, 3.05) is 26.4 Å². The predicted octanol–water partition coefficient (Wildman–Crippen LogP) is -5.02. The molecule has 8 bridgehead atoms. The van der Waals surface area contributed by atoms with E-state index >= 15 is 0 Å². The summed E-state index contributed by atoms with van der Waals surface area (Å²) in [6.45, 7) is 0.811. The normalized spacial score (nSPS) is 11.0. The van der Waals surface area contributed by atoms with Crippen molar-refractivity contribution in [3.63, 3.8) is 0 Å². The van der Waals surface area contributed by atoms with Gasteiger partial charge >= 0.3 is 206 Å². The number of aromatic amines is 2. The van der Waals surface area contributed by atoms with Gasteiger partial charge in [-0.1, -0.05) is 48.5 Å². The standard InChI is InChI=1S/C60H54N4O12.4K/c65-53(66)5-1-33-73-41-17-9-37(10-18-41)57-45-25-27-47(61-45)58(38-11-19-42(20-12-38)74-34-2-6-54(67)68)49-29-31-51(63-49)60(40-15-23-44(24-16-40)76-36-4-8-56(71)72)52-32-30-50(64-52)59(48-28-26-46(57)62-48)39-13-21-43(22-14-39)75-35-3-7-55(69)70;;;;/h9-32,61,64H,1-8,33-36H2,(H,65,66)(H,67,68)(H,69,70)(H,71,72);;;;/q;4*+1/p-4. The molecule has 2 aliphatic rings. The molecule has 20 heteroatoms. The van der Waals surface area contributed by atoms with Crippen molar-refractivity contribution >= 4 is 70.2 Å². The first-order chi connectivity index (χ1) is 36.9. The van der Waals surface area contributed by atoms with Gasteiger partial charge in [0.25, 0.3) is 0 Å². The van der Waals surface area contributed by atoms with Gasteiger partial charge in [0, 0.05) is 68.2 Å². The first-order valence-electron chi connectivity index (χ1n) is 24.8. The van der Waals surface area contributed by atoms with Crippen LogP contribution < -0.4 is 245 Å². The van der Waals surface area contributed by atoms with E-state index in [0.29, 0.717) is 71.5 Å². The van der Waals surface area contributed by atoms with Crippen molar-refractivity contribution in [2.24, 2.45) is 0 Å². The maximum Gasteiger partial charge on any atom is 1.00 e. The second-order valence-corrected chi connectivity index (χ2v) is 17.9. The number of carbonyl (C=O) groups is 4. The molecule has 9 rings (SSSR count). The Bertz CT molecular complexity index is 3060. The molecule has 80 heavy (non-hydrogen) atoms. The molecule has 4 aromatic carbocycles. The van der Waals surface area contributed by atoms with Gasteiger partial charge in [-0.05, 0) is 171 Å². The number of carbonyl (C=O) groups excluding carboxylic acids is 4. The third-order valence-corrected chi connectivity index (χ3v) is 12.5. The molecular weight excluding hydrogens is 1130 g/mol. The zero-order valence-electron chi connectivity index (χ0n) is 45.1. The van der Waals surface area contributed by atoms with E-state index in [1.165, 1.54) is 0 Å². The molecule has 16 nitrogen and oxygen atoms in total. The van der Waals surface area contributed by atoms with Crippen LogP contribution in [0.5, 0.6) is 23.0 Å². The van der Waals surface area contributed by atoms with Crippen LogP contribution in [0.15, 0.2) is 121 Å². The molecule has 0 amide bonds. The van der Waals surface area contributed by atoms with Gasteiger partial charge in [-0.2, -0.15) is 0 Å². The number of ether oxygens (including phenoxy) is 4. The van der Waals surface area contributed by atoms with Gasteiger partial charge in [0.05, 0.1) is 49.2 Å². The number of hydrogen-bond acceptors (Lipinski definition) is 14. The smallest absolute Gasteiger partial charge is 0.550 e. The number of H-pyrrole nitrogens is 2. The molecule has 0 fully saturated rings. The summed E-state index contributed by atoms with van der Waals surface area (Å²) in [6.07, 6.45) is 8.60. The molecule has 3 aromatic heterocycles. The number of carboxylic acids is 4. The summed E-state index contributed by atoms with van der Waals surface area (Å²) in [4.78, 5) is 62.3. The number of aliphatic carboxylic acids is 4. The van der Waals surface area contributed by atoms with Gasteiger partial charge in [0.1, 0.15) is 23.0 Å². The molecule has 386 valence electrons. The minimum Gasteiger partial charge on any atom is -0.550 e. The van der Waals surface area contributed by atoms with Crippen LogP contribution in [0.1, 0.15) is 74.1 Å². The molecule has 0 saturated carbocycles. The van der Waals surface area contributed by atoms with E-state index in [4.69, 9.17) is 28.9 Å². The molecule has 0 spiro atoms. The third-order valence-electron chi connectivity index (χ3n) is 12.5. The fraction of sp³-hybridized carbons (Fsp3) is 0.200. The Kier molecular flexibility index (Phi) is 28.5. The fourth-order valence-electron chi connectivity index (χ4n) is 8.92. The summed E-state index contributed by atoms with van der Waals surface area (Å²) in [5, 5.41) is 44.1. The third kappa shape index (κ3) is 18.6. The average molecular weight is 1180 g/mol. The summed E-state index contributed by atoms with van der Waals surface area (Å²) in [5.74, 6) is -2.29. The van der Waals surface area contributed by atoms with Crippen LogP contribution in [0.25, 0.3) is 90.9 Å². The SMILES string of the molecule is O=C([O-])CCCOc1ccc(-c2c3nc(c(-c4ccc(OCCCC(=O)[O-])cc4)c4ccc([nH]4)c(-c4ccc(OCCCC(=O)[O-])cc4)c4nc(c(-c5ccc(OCCCC(=O)[O-])cc5)c5ccc2[nH]5)C=C4)C=C3)cc1.[K+].[K+].[K+].[K+]. The maximum atomic E-state index is 11.0. The van der Waals surface area contributed by atoms with Crippen LogP contribution in [0.3, 0.4) is 0 Å². The molecule has 0 atom stereocenters. The largest absolute Gasteiger partial charge is 1.00 e. The van der Waals surface area contributed by atoms with Gasteiger partial charge in [-0.3, -0.25) is 0 Å². The number of benzene rings is 4. The summed E-state index contributed by atoms with van der Waals surface area (Å²) < 4.78 is 23.6. The number of fused-ring (bicyclic) bond motifs is 8. The molecule has 7 aromatic rings. The topological polar surface area (TPSA) is 255 Å². The molecule has 0 saturated heterocycles. The van der Waals surface area contributed by atoms with E-state index in [-0.39, 0.29) is 258 Å². The predicted molar refractivity (Wildman–Crippen MR) is 280 cm³/mol. The van der Waals surface area contributed by atoms with Crippen LogP contribution >= 0.6 is 0 Å². The summed E-state index contributed by atoms with van der Waals surface area (Å²) >= 11 is 0. The number of carboxylic acid groups (broad SMARTS) is 4. The Hall–Kier alpha value is -2.89. The van der Waals surface area contributed by atoms with Gasteiger partial charge < -0.3 is 68.5 Å². The Labute approximate surface area is 632 Å². The molecule has 2 aliphatic heterocycles. The number of rotatable bonds is 24. The molecule has 0 unspecified atom stereocenters. The van der Waals surface area contributed by atoms with Gasteiger partial charge in [0.2, 0.25) is 0 Å². The minimum atomic E-state index is -1.14. The molecule has 0 radical (unpaired) electrons. The minimum absolute atomic E-state index is 0. The zero-order valence-corrected chi connectivity index (χ0v) is 57.6. The number of nitrogens with one attached hydrogen (secondary N) is 2.